The van der Waals surface area contributed by atoms with E-state index in [0.29, 0.717) is 16.4 Å². The summed E-state index contributed by atoms with van der Waals surface area (Å²) in [6.07, 6.45) is 2.58. The standard InChI is InChI=1S/C21H20ClN3O2/c1-13-9-10-17(15(22)11-13)24-20(26)12-25-19-8-3-2-6-18(19)23-16-7-4-5-14(16)21(25)27/h2-3,6,8-11,14H,4-5,7,12H2,1H3,(H,24,26)/t14-/m0/s1. The van der Waals surface area contributed by atoms with E-state index >= 15 is 0 Å². The summed E-state index contributed by atoms with van der Waals surface area (Å²) < 4.78 is 0. The van der Waals surface area contributed by atoms with Gasteiger partial charge in [0.15, 0.2) is 0 Å². The summed E-state index contributed by atoms with van der Waals surface area (Å²) in [6.45, 7) is 1.86. The number of hydrogen-bond donors (Lipinski definition) is 1. The van der Waals surface area contributed by atoms with Crippen LogP contribution in [-0.2, 0) is 9.59 Å². The number of nitrogens with one attached hydrogen (secondary N) is 1. The Labute approximate surface area is 163 Å². The number of carbonyl (C=O) groups is 2. The van der Waals surface area contributed by atoms with Crippen LogP contribution in [0.2, 0.25) is 5.02 Å². The number of fused-ring (bicyclic) bond motifs is 2. The molecule has 0 saturated heterocycles. The van der Waals surface area contributed by atoms with Crippen LogP contribution in [-0.4, -0.2) is 24.1 Å². The molecule has 1 heterocycles. The summed E-state index contributed by atoms with van der Waals surface area (Å²) >= 11 is 6.21. The number of carbonyl (C=O) groups excluding carboxylic acids is 2. The van der Waals surface area contributed by atoms with Crippen molar-refractivity contribution in [1.29, 1.82) is 0 Å². The molecule has 2 aromatic rings. The summed E-state index contributed by atoms with van der Waals surface area (Å²) in [5.41, 5.74) is 3.90. The lowest BCUT2D eigenvalue weighted by molar-refractivity contribution is -0.122. The lowest BCUT2D eigenvalue weighted by atomic mass is 10.1. The van der Waals surface area contributed by atoms with Gasteiger partial charge < -0.3 is 10.2 Å². The third-order valence-corrected chi connectivity index (χ3v) is 5.34. The van der Waals surface area contributed by atoms with Gasteiger partial charge in [-0.15, -0.1) is 0 Å². The van der Waals surface area contributed by atoms with E-state index in [2.05, 4.69) is 5.32 Å². The highest BCUT2D eigenvalue weighted by atomic mass is 35.5. The molecule has 4 rings (SSSR count). The van der Waals surface area contributed by atoms with Crippen LogP contribution in [0.3, 0.4) is 0 Å². The van der Waals surface area contributed by atoms with Crippen molar-refractivity contribution >= 4 is 46.2 Å². The van der Waals surface area contributed by atoms with Gasteiger partial charge in [-0.25, -0.2) is 0 Å². The van der Waals surface area contributed by atoms with Crippen LogP contribution < -0.4 is 10.2 Å². The first kappa shape index (κ1) is 17.7. The van der Waals surface area contributed by atoms with E-state index < -0.39 is 0 Å². The smallest absolute Gasteiger partial charge is 0.244 e. The van der Waals surface area contributed by atoms with Crippen LogP contribution in [0.1, 0.15) is 24.8 Å². The number of hydrogen-bond acceptors (Lipinski definition) is 3. The molecule has 0 unspecified atom stereocenters. The van der Waals surface area contributed by atoms with Crippen molar-refractivity contribution in [2.24, 2.45) is 10.9 Å². The van der Waals surface area contributed by atoms with Crippen LogP contribution in [0.15, 0.2) is 47.5 Å². The molecule has 0 bridgehead atoms. The van der Waals surface area contributed by atoms with Gasteiger partial charge in [0.2, 0.25) is 11.8 Å². The highest BCUT2D eigenvalue weighted by Crippen LogP contribution is 2.37. The van der Waals surface area contributed by atoms with E-state index in [1.807, 2.05) is 37.3 Å². The van der Waals surface area contributed by atoms with E-state index in [4.69, 9.17) is 16.6 Å². The number of anilines is 2. The maximum Gasteiger partial charge on any atom is 0.244 e. The van der Waals surface area contributed by atoms with Gasteiger partial charge in [-0.3, -0.25) is 14.6 Å². The molecule has 5 nitrogen and oxygen atoms in total. The number of aryl methyl sites for hydroxylation is 1. The van der Waals surface area contributed by atoms with Crippen molar-refractivity contribution in [3.05, 3.63) is 53.1 Å². The molecule has 0 spiro atoms. The molecule has 138 valence electrons. The van der Waals surface area contributed by atoms with Crippen molar-refractivity contribution in [3.8, 4) is 0 Å². The fraction of sp³-hybridized carbons (Fsp3) is 0.286. The van der Waals surface area contributed by atoms with Gasteiger partial charge in [-0.2, -0.15) is 0 Å². The largest absolute Gasteiger partial charge is 0.323 e. The van der Waals surface area contributed by atoms with Gasteiger partial charge in [0, 0.05) is 5.71 Å². The third-order valence-electron chi connectivity index (χ3n) is 5.03. The zero-order chi connectivity index (χ0) is 19.0. The number of benzene rings is 2. The van der Waals surface area contributed by atoms with Crippen molar-refractivity contribution in [3.63, 3.8) is 0 Å². The molecule has 2 amide bonds. The molecule has 2 aromatic carbocycles. The number of para-hydroxylation sites is 2. The Balaban J connectivity index is 1.61. The fourth-order valence-electron chi connectivity index (χ4n) is 3.69. The zero-order valence-corrected chi connectivity index (χ0v) is 15.8. The minimum atomic E-state index is -0.287. The number of rotatable bonds is 3. The first-order chi connectivity index (χ1) is 13.0. The van der Waals surface area contributed by atoms with Gasteiger partial charge in [0.25, 0.3) is 0 Å². The second-order valence-electron chi connectivity index (χ2n) is 6.99. The average molecular weight is 382 g/mol. The molecule has 6 heteroatoms. The number of amides is 2. The molecule has 1 saturated carbocycles. The van der Waals surface area contributed by atoms with E-state index in [1.54, 1.807) is 17.0 Å². The molecule has 0 aromatic heterocycles. The first-order valence-corrected chi connectivity index (χ1v) is 9.44. The molecule has 1 fully saturated rings. The van der Waals surface area contributed by atoms with Gasteiger partial charge in [0.05, 0.1) is 28.0 Å². The molecule has 1 aliphatic carbocycles. The highest BCUT2D eigenvalue weighted by molar-refractivity contribution is 6.33. The number of halogens is 1. The van der Waals surface area contributed by atoms with Crippen molar-refractivity contribution < 1.29 is 9.59 Å². The summed E-state index contributed by atoms with van der Waals surface area (Å²) in [6, 6.07) is 12.9. The topological polar surface area (TPSA) is 61.8 Å². The lowest BCUT2D eigenvalue weighted by Gasteiger charge is -2.24. The number of nitrogens with zero attached hydrogens (tertiary/aromatic N) is 2. The maximum atomic E-state index is 13.1. The van der Waals surface area contributed by atoms with E-state index in [1.165, 1.54) is 0 Å². The second kappa shape index (κ2) is 7.16. The Morgan fingerprint density at radius 2 is 2.11 bits per heavy atom. The maximum absolute atomic E-state index is 13.1. The van der Waals surface area contributed by atoms with Crippen LogP contribution in [0, 0.1) is 12.8 Å². The summed E-state index contributed by atoms with van der Waals surface area (Å²) in [4.78, 5) is 32.1. The van der Waals surface area contributed by atoms with Gasteiger partial charge >= 0.3 is 0 Å². The Morgan fingerprint density at radius 3 is 2.93 bits per heavy atom. The predicted octanol–water partition coefficient (Wildman–Crippen LogP) is 4.51. The van der Waals surface area contributed by atoms with Gasteiger partial charge in [-0.1, -0.05) is 29.8 Å². The van der Waals surface area contributed by atoms with Gasteiger partial charge in [-0.05, 0) is 56.0 Å². The molecule has 27 heavy (non-hydrogen) atoms. The lowest BCUT2D eigenvalue weighted by Crippen LogP contribution is -2.41. The first-order valence-electron chi connectivity index (χ1n) is 9.07. The van der Waals surface area contributed by atoms with E-state index in [0.717, 1.165) is 36.2 Å². The van der Waals surface area contributed by atoms with Crippen molar-refractivity contribution in [1.82, 2.24) is 0 Å². The van der Waals surface area contributed by atoms with Crippen molar-refractivity contribution in [2.75, 3.05) is 16.8 Å². The predicted molar refractivity (Wildman–Crippen MR) is 108 cm³/mol. The Morgan fingerprint density at radius 1 is 1.30 bits per heavy atom. The zero-order valence-electron chi connectivity index (χ0n) is 15.0. The average Bonchev–Trinajstić information content (AvgIpc) is 3.06. The minimum absolute atomic E-state index is 0.0543. The second-order valence-corrected chi connectivity index (χ2v) is 7.40. The van der Waals surface area contributed by atoms with Crippen LogP contribution >= 0.6 is 11.6 Å². The summed E-state index contributed by atoms with van der Waals surface area (Å²) in [7, 11) is 0. The third kappa shape index (κ3) is 3.47. The summed E-state index contributed by atoms with van der Waals surface area (Å²) in [5, 5.41) is 3.29. The summed E-state index contributed by atoms with van der Waals surface area (Å²) in [5.74, 6) is -0.570. The molecular formula is C21H20ClN3O2. The normalized spacial score (nSPS) is 18.4. The van der Waals surface area contributed by atoms with E-state index in [-0.39, 0.29) is 24.3 Å². The molecular weight excluding hydrogens is 362 g/mol. The SMILES string of the molecule is Cc1ccc(NC(=O)CN2C(=O)[C@H]3CCCC3=Nc3ccccc32)c(Cl)c1. The van der Waals surface area contributed by atoms with Crippen LogP contribution in [0.25, 0.3) is 0 Å². The van der Waals surface area contributed by atoms with E-state index in [9.17, 15) is 9.59 Å². The molecule has 0 radical (unpaired) electrons. The van der Waals surface area contributed by atoms with Crippen LogP contribution in [0.4, 0.5) is 17.1 Å². The molecule has 1 aliphatic heterocycles. The molecule has 1 atom stereocenters. The Hall–Kier alpha value is -2.66. The molecule has 1 N–H and O–H groups in total. The molecule has 2 aliphatic rings. The fourth-order valence-corrected chi connectivity index (χ4v) is 3.98. The monoisotopic (exact) mass is 381 g/mol. The number of aliphatic imine (C=N–C) groups is 1. The van der Waals surface area contributed by atoms with Gasteiger partial charge in [0.1, 0.15) is 6.54 Å². The quantitative estimate of drug-likeness (QED) is 0.850. The minimum Gasteiger partial charge on any atom is -0.323 e. The highest BCUT2D eigenvalue weighted by Gasteiger charge is 2.37. The van der Waals surface area contributed by atoms with Crippen molar-refractivity contribution in [2.45, 2.75) is 26.2 Å². The Kier molecular flexibility index (Phi) is 4.70. The van der Waals surface area contributed by atoms with Crippen LogP contribution in [0.5, 0.6) is 0 Å². The Bertz CT molecular complexity index is 954.